The summed E-state index contributed by atoms with van der Waals surface area (Å²) in [6.45, 7) is 5.94. The van der Waals surface area contributed by atoms with E-state index >= 15 is 0 Å². The maximum Gasteiger partial charge on any atom is 0.188 e. The van der Waals surface area contributed by atoms with Crippen molar-refractivity contribution in [1.82, 2.24) is 9.97 Å². The van der Waals surface area contributed by atoms with E-state index in [2.05, 4.69) is 9.97 Å². The Kier molecular flexibility index (Phi) is 4.04. The SMILES string of the molecule is Cc1nc(SCc2cc(N)cc(F)c2)nc(C)c1C. The summed E-state index contributed by atoms with van der Waals surface area (Å²) in [4.78, 5) is 8.84. The molecule has 2 rings (SSSR count). The van der Waals surface area contributed by atoms with Gasteiger partial charge in [-0.3, -0.25) is 0 Å². The molecule has 0 aliphatic rings. The van der Waals surface area contributed by atoms with Gasteiger partial charge in [0.1, 0.15) is 5.82 Å². The Hall–Kier alpha value is -1.62. The lowest BCUT2D eigenvalue weighted by atomic mass is 10.2. The van der Waals surface area contributed by atoms with Gasteiger partial charge in [0.05, 0.1) is 0 Å². The Morgan fingerprint density at radius 1 is 1.11 bits per heavy atom. The minimum Gasteiger partial charge on any atom is -0.399 e. The monoisotopic (exact) mass is 277 g/mol. The fraction of sp³-hybridized carbons (Fsp3) is 0.286. The van der Waals surface area contributed by atoms with Crippen molar-refractivity contribution in [3.63, 3.8) is 0 Å². The number of aromatic nitrogens is 2. The molecule has 0 saturated carbocycles. The fourth-order valence-corrected chi connectivity index (χ4v) is 2.58. The molecule has 0 fully saturated rings. The second-order valence-electron chi connectivity index (χ2n) is 4.48. The minimum atomic E-state index is -0.312. The molecule has 0 aliphatic heterocycles. The number of thioether (sulfide) groups is 1. The summed E-state index contributed by atoms with van der Waals surface area (Å²) >= 11 is 1.48. The van der Waals surface area contributed by atoms with E-state index in [1.165, 1.54) is 23.9 Å². The van der Waals surface area contributed by atoms with Crippen LogP contribution in [-0.4, -0.2) is 9.97 Å². The van der Waals surface area contributed by atoms with Crippen LogP contribution in [0.15, 0.2) is 23.4 Å². The zero-order valence-corrected chi connectivity index (χ0v) is 12.0. The molecule has 1 aromatic carbocycles. The third kappa shape index (κ3) is 3.44. The second kappa shape index (κ2) is 5.57. The van der Waals surface area contributed by atoms with Crippen LogP contribution < -0.4 is 5.73 Å². The van der Waals surface area contributed by atoms with Gasteiger partial charge >= 0.3 is 0 Å². The first-order chi connectivity index (χ1) is 8.95. The second-order valence-corrected chi connectivity index (χ2v) is 5.43. The van der Waals surface area contributed by atoms with Gasteiger partial charge in [-0.25, -0.2) is 14.4 Å². The molecule has 19 heavy (non-hydrogen) atoms. The van der Waals surface area contributed by atoms with Crippen LogP contribution in [0.5, 0.6) is 0 Å². The van der Waals surface area contributed by atoms with Gasteiger partial charge in [0, 0.05) is 22.8 Å². The summed E-state index contributed by atoms with van der Waals surface area (Å²) in [7, 11) is 0. The standard InChI is InChI=1S/C14H16FN3S/c1-8-9(2)17-14(18-10(8)3)19-7-11-4-12(15)6-13(16)5-11/h4-6H,7,16H2,1-3H3. The van der Waals surface area contributed by atoms with Crippen LogP contribution in [0.1, 0.15) is 22.5 Å². The van der Waals surface area contributed by atoms with Crippen molar-refractivity contribution in [2.45, 2.75) is 31.7 Å². The lowest BCUT2D eigenvalue weighted by Crippen LogP contribution is -1.98. The maximum absolute atomic E-state index is 13.2. The zero-order valence-electron chi connectivity index (χ0n) is 11.2. The van der Waals surface area contributed by atoms with Gasteiger partial charge in [-0.2, -0.15) is 0 Å². The van der Waals surface area contributed by atoms with Crippen molar-refractivity contribution in [2.75, 3.05) is 5.73 Å². The van der Waals surface area contributed by atoms with Crippen molar-refractivity contribution in [2.24, 2.45) is 0 Å². The van der Waals surface area contributed by atoms with E-state index < -0.39 is 0 Å². The summed E-state index contributed by atoms with van der Waals surface area (Å²) in [6.07, 6.45) is 0. The van der Waals surface area contributed by atoms with Crippen molar-refractivity contribution < 1.29 is 4.39 Å². The fourth-order valence-electron chi connectivity index (χ4n) is 1.71. The van der Waals surface area contributed by atoms with E-state index in [1.54, 1.807) is 6.07 Å². The highest BCUT2D eigenvalue weighted by atomic mass is 32.2. The van der Waals surface area contributed by atoms with E-state index in [9.17, 15) is 4.39 Å². The van der Waals surface area contributed by atoms with Crippen molar-refractivity contribution in [3.05, 3.63) is 46.5 Å². The largest absolute Gasteiger partial charge is 0.399 e. The number of halogens is 1. The summed E-state index contributed by atoms with van der Waals surface area (Å²) in [6, 6.07) is 4.56. The molecule has 1 aromatic heterocycles. The van der Waals surface area contributed by atoms with E-state index in [1.807, 2.05) is 20.8 Å². The third-order valence-corrected chi connectivity index (χ3v) is 3.88. The molecule has 5 heteroatoms. The molecule has 1 heterocycles. The van der Waals surface area contributed by atoms with Gasteiger partial charge < -0.3 is 5.73 Å². The Bertz CT molecular complexity index is 570. The van der Waals surface area contributed by atoms with E-state index in [4.69, 9.17) is 5.73 Å². The first-order valence-corrected chi connectivity index (χ1v) is 6.94. The average molecular weight is 277 g/mol. The molecule has 0 atom stereocenters. The number of benzene rings is 1. The number of rotatable bonds is 3. The van der Waals surface area contributed by atoms with Crippen LogP contribution in [0.25, 0.3) is 0 Å². The van der Waals surface area contributed by atoms with Crippen LogP contribution in [0, 0.1) is 26.6 Å². The smallest absolute Gasteiger partial charge is 0.188 e. The summed E-state index contributed by atoms with van der Waals surface area (Å²) in [5.74, 6) is 0.289. The highest BCUT2D eigenvalue weighted by Gasteiger charge is 2.06. The molecule has 100 valence electrons. The number of nitrogen functional groups attached to an aromatic ring is 1. The van der Waals surface area contributed by atoms with Crippen molar-refractivity contribution in [3.8, 4) is 0 Å². The Balaban J connectivity index is 2.14. The highest BCUT2D eigenvalue weighted by molar-refractivity contribution is 7.98. The number of hydrogen-bond acceptors (Lipinski definition) is 4. The van der Waals surface area contributed by atoms with Crippen LogP contribution in [-0.2, 0) is 5.75 Å². The first-order valence-electron chi connectivity index (χ1n) is 5.95. The molecule has 3 nitrogen and oxygen atoms in total. The number of anilines is 1. The lowest BCUT2D eigenvalue weighted by Gasteiger charge is -2.07. The third-order valence-electron chi connectivity index (χ3n) is 2.96. The number of hydrogen-bond donors (Lipinski definition) is 1. The normalized spacial score (nSPS) is 10.7. The molecule has 0 spiro atoms. The predicted octanol–water partition coefficient (Wildman–Crippen LogP) is 3.42. The molecule has 2 aromatic rings. The van der Waals surface area contributed by atoms with Crippen molar-refractivity contribution >= 4 is 17.4 Å². The van der Waals surface area contributed by atoms with Gasteiger partial charge in [0.2, 0.25) is 0 Å². The van der Waals surface area contributed by atoms with Gasteiger partial charge in [0.15, 0.2) is 5.16 Å². The molecule has 0 unspecified atom stereocenters. The van der Waals surface area contributed by atoms with Crippen LogP contribution >= 0.6 is 11.8 Å². The highest BCUT2D eigenvalue weighted by Crippen LogP contribution is 2.23. The van der Waals surface area contributed by atoms with E-state index in [0.29, 0.717) is 16.6 Å². The maximum atomic E-state index is 13.2. The molecule has 0 aliphatic carbocycles. The first kappa shape index (κ1) is 13.8. The molecule has 0 saturated heterocycles. The summed E-state index contributed by atoms with van der Waals surface area (Å²) < 4.78 is 13.2. The summed E-state index contributed by atoms with van der Waals surface area (Å²) in [5, 5.41) is 0.712. The van der Waals surface area contributed by atoms with Gasteiger partial charge in [-0.05, 0) is 50.1 Å². The average Bonchev–Trinajstić information content (AvgIpc) is 2.32. The predicted molar refractivity (Wildman–Crippen MR) is 76.6 cm³/mol. The Morgan fingerprint density at radius 2 is 1.74 bits per heavy atom. The zero-order chi connectivity index (χ0) is 14.0. The molecular formula is C14H16FN3S. The minimum absolute atomic E-state index is 0.312. The molecule has 0 amide bonds. The Morgan fingerprint density at radius 3 is 2.32 bits per heavy atom. The quantitative estimate of drug-likeness (QED) is 0.530. The van der Waals surface area contributed by atoms with Crippen LogP contribution in [0.4, 0.5) is 10.1 Å². The number of aryl methyl sites for hydroxylation is 2. The summed E-state index contributed by atoms with van der Waals surface area (Å²) in [5.41, 5.74) is 9.96. The molecule has 2 N–H and O–H groups in total. The topological polar surface area (TPSA) is 51.8 Å². The van der Waals surface area contributed by atoms with Crippen LogP contribution in [0.3, 0.4) is 0 Å². The van der Waals surface area contributed by atoms with Crippen LogP contribution in [0.2, 0.25) is 0 Å². The molecule has 0 radical (unpaired) electrons. The van der Waals surface area contributed by atoms with E-state index in [0.717, 1.165) is 22.5 Å². The molecule has 0 bridgehead atoms. The van der Waals surface area contributed by atoms with Crippen molar-refractivity contribution in [1.29, 1.82) is 0 Å². The van der Waals surface area contributed by atoms with Gasteiger partial charge in [-0.15, -0.1) is 0 Å². The van der Waals surface area contributed by atoms with E-state index in [-0.39, 0.29) is 5.82 Å². The van der Waals surface area contributed by atoms with Gasteiger partial charge in [0.25, 0.3) is 0 Å². The van der Waals surface area contributed by atoms with Gasteiger partial charge in [-0.1, -0.05) is 11.8 Å². The number of nitrogens with two attached hydrogens (primary N) is 1. The Labute approximate surface area is 116 Å². The molecular weight excluding hydrogens is 261 g/mol. The number of nitrogens with zero attached hydrogens (tertiary/aromatic N) is 2. The lowest BCUT2D eigenvalue weighted by molar-refractivity contribution is 0.627.